The van der Waals surface area contributed by atoms with E-state index in [2.05, 4.69) is 32.1 Å². The van der Waals surface area contributed by atoms with Gasteiger partial charge in [-0.3, -0.25) is 9.97 Å². The maximum Gasteiger partial charge on any atom is 2.00 e. The summed E-state index contributed by atoms with van der Waals surface area (Å²) < 4.78 is 12.6. The third-order valence-corrected chi connectivity index (χ3v) is 7.05. The van der Waals surface area contributed by atoms with Gasteiger partial charge in [-0.25, -0.2) is 19.9 Å². The molecular weight excluding hydrogens is 732 g/mol. The molecule has 0 aliphatic carbocycles. The van der Waals surface area contributed by atoms with Crippen molar-refractivity contribution in [2.75, 3.05) is 0 Å². The second kappa shape index (κ2) is 11.7. The Kier molecular flexibility index (Phi) is 7.34. The Morgan fingerprint density at radius 2 is 1.02 bits per heavy atom. The van der Waals surface area contributed by atoms with Crippen LogP contribution in [0, 0.1) is 12.1 Å². The second-order valence-electron chi connectivity index (χ2n) is 9.90. The zero-order valence-corrected chi connectivity index (χ0v) is 25.2. The number of hydrogen-bond acceptors (Lipinski definition) is 8. The fraction of sp³-hybridized carbons (Fsp3) is 0.0286. The Morgan fingerprint density at radius 1 is 0.568 bits per heavy atom. The van der Waals surface area contributed by atoms with E-state index < -0.39 is 0 Å². The monoisotopic (exact) mass is 751 g/mol. The molecule has 4 heterocycles. The molecule has 8 rings (SSSR count). The van der Waals surface area contributed by atoms with Crippen LogP contribution >= 0.6 is 0 Å². The molecule has 4 aromatic heterocycles. The largest absolute Gasteiger partial charge is 2.00 e. The van der Waals surface area contributed by atoms with Crippen LogP contribution in [0.15, 0.2) is 119 Å². The van der Waals surface area contributed by atoms with Crippen molar-refractivity contribution in [1.82, 2.24) is 29.9 Å². The number of rotatable bonds is 6. The predicted molar refractivity (Wildman–Crippen MR) is 161 cm³/mol. The Hall–Kier alpha value is -5.33. The van der Waals surface area contributed by atoms with E-state index in [4.69, 9.17) is 18.8 Å². The predicted octanol–water partition coefficient (Wildman–Crippen LogP) is 7.41. The van der Waals surface area contributed by atoms with Crippen LogP contribution in [0.3, 0.4) is 0 Å². The average molecular weight is 752 g/mol. The number of nitrogens with zero attached hydrogens (tertiary/aromatic N) is 6. The quantitative estimate of drug-likeness (QED) is 0.162. The Morgan fingerprint density at radius 3 is 1.43 bits per heavy atom. The smallest absolute Gasteiger partial charge is 0.484 e. The fourth-order valence-electron chi connectivity index (χ4n) is 5.10. The molecule has 0 aliphatic rings. The zero-order chi connectivity index (χ0) is 28.6. The van der Waals surface area contributed by atoms with Crippen LogP contribution in [0.2, 0.25) is 0 Å². The molecule has 212 valence electrons. The molecule has 0 atom stereocenters. The first kappa shape index (κ1) is 27.5. The number of fused-ring (bicyclic) bond motifs is 2. The van der Waals surface area contributed by atoms with Gasteiger partial charge >= 0.3 is 21.1 Å². The SMILES string of the molecule is [Pt+2].[c-]1c(Cc2[c-]c(-c3ccncn3)c3oc(-c4ccccc4)nc3c2)cc2nc(-c3ccccc3)oc2c1-c1ccncn1. The van der Waals surface area contributed by atoms with Gasteiger partial charge in [-0.1, -0.05) is 59.7 Å². The van der Waals surface area contributed by atoms with Gasteiger partial charge in [-0.15, -0.1) is 35.4 Å². The number of benzene rings is 4. The fourth-order valence-corrected chi connectivity index (χ4v) is 5.10. The van der Waals surface area contributed by atoms with Gasteiger partial charge in [0.05, 0.1) is 11.2 Å². The molecule has 0 unspecified atom stereocenters. The summed E-state index contributed by atoms with van der Waals surface area (Å²) >= 11 is 0. The van der Waals surface area contributed by atoms with Crippen molar-refractivity contribution in [1.29, 1.82) is 0 Å². The molecule has 8 nitrogen and oxygen atoms in total. The Balaban J connectivity index is 0.00000312. The summed E-state index contributed by atoms with van der Waals surface area (Å²) in [6.45, 7) is 0. The van der Waals surface area contributed by atoms with Crippen LogP contribution in [0.25, 0.3) is 67.6 Å². The van der Waals surface area contributed by atoms with Crippen molar-refractivity contribution in [3.8, 4) is 45.4 Å². The van der Waals surface area contributed by atoms with E-state index >= 15 is 0 Å². The molecule has 0 bridgehead atoms. The minimum atomic E-state index is 0. The maximum atomic E-state index is 6.28. The summed E-state index contributed by atoms with van der Waals surface area (Å²) in [5, 5.41) is 0. The van der Waals surface area contributed by atoms with Crippen molar-refractivity contribution in [3.05, 3.63) is 133 Å². The summed E-state index contributed by atoms with van der Waals surface area (Å²) in [4.78, 5) is 26.8. The van der Waals surface area contributed by atoms with Gasteiger partial charge in [0, 0.05) is 34.6 Å². The van der Waals surface area contributed by atoms with Crippen LogP contribution in [0.5, 0.6) is 0 Å². The summed E-state index contributed by atoms with van der Waals surface area (Å²) in [7, 11) is 0. The van der Waals surface area contributed by atoms with E-state index in [1.807, 2.05) is 84.9 Å². The topological polar surface area (TPSA) is 104 Å². The summed E-state index contributed by atoms with van der Waals surface area (Å²) in [5.41, 5.74) is 9.06. The normalized spacial score (nSPS) is 11.1. The van der Waals surface area contributed by atoms with Gasteiger partial charge < -0.3 is 8.83 Å². The summed E-state index contributed by atoms with van der Waals surface area (Å²) in [6.07, 6.45) is 6.94. The summed E-state index contributed by atoms with van der Waals surface area (Å²) in [6, 6.07) is 34.4. The average Bonchev–Trinajstić information content (AvgIpc) is 3.71. The van der Waals surface area contributed by atoms with E-state index in [1.165, 1.54) is 12.7 Å². The molecule has 0 amide bonds. The van der Waals surface area contributed by atoms with Crippen LogP contribution < -0.4 is 0 Å². The minimum Gasteiger partial charge on any atom is -0.484 e. The zero-order valence-electron chi connectivity index (χ0n) is 22.9. The summed E-state index contributed by atoms with van der Waals surface area (Å²) in [5.74, 6) is 1.07. The van der Waals surface area contributed by atoms with E-state index in [9.17, 15) is 0 Å². The number of hydrogen-bond donors (Lipinski definition) is 0. The van der Waals surface area contributed by atoms with Crippen molar-refractivity contribution < 1.29 is 29.9 Å². The van der Waals surface area contributed by atoms with Gasteiger partial charge in [0.1, 0.15) is 12.7 Å². The standard InChI is InChI=1S/C35H20N6O2.Pt/c1-3-7-24(8-4-1)34-40-30-18-22(16-26(32(30)42-34)28-11-13-36-20-38-28)15-23-17-27(29-12-14-37-21-39-29)33-31(19-23)41-35(43-33)25-9-5-2-6-10-25;/h1-14,18-21H,15H2;/q-2;+2. The van der Waals surface area contributed by atoms with Crippen LogP contribution in [-0.2, 0) is 27.5 Å². The molecule has 4 aromatic carbocycles. The molecule has 0 aliphatic heterocycles. The molecule has 9 heteroatoms. The van der Waals surface area contributed by atoms with Crippen LogP contribution in [-0.4, -0.2) is 29.9 Å². The minimum absolute atomic E-state index is 0. The molecule has 0 spiro atoms. The Bertz CT molecular complexity index is 2040. The van der Waals surface area contributed by atoms with Crippen LogP contribution in [0.4, 0.5) is 0 Å². The third kappa shape index (κ3) is 5.21. The van der Waals surface area contributed by atoms with Crippen LogP contribution in [0.1, 0.15) is 11.1 Å². The van der Waals surface area contributed by atoms with E-state index in [0.29, 0.717) is 51.8 Å². The maximum absolute atomic E-state index is 6.28. The molecule has 0 saturated carbocycles. The molecule has 0 radical (unpaired) electrons. The molecule has 8 aromatic rings. The van der Waals surface area contributed by atoms with Gasteiger partial charge in [-0.2, -0.15) is 0 Å². The van der Waals surface area contributed by atoms with Gasteiger partial charge in [0.2, 0.25) is 11.8 Å². The van der Waals surface area contributed by atoms with E-state index in [1.54, 1.807) is 12.4 Å². The van der Waals surface area contributed by atoms with Crippen molar-refractivity contribution in [2.45, 2.75) is 6.42 Å². The second-order valence-corrected chi connectivity index (χ2v) is 9.90. The van der Waals surface area contributed by atoms with Gasteiger partial charge in [0.15, 0.2) is 0 Å². The Labute approximate surface area is 266 Å². The van der Waals surface area contributed by atoms with E-state index in [-0.39, 0.29) is 21.1 Å². The molecule has 0 saturated heterocycles. The molecule has 0 fully saturated rings. The van der Waals surface area contributed by atoms with Gasteiger partial charge in [0.25, 0.3) is 0 Å². The van der Waals surface area contributed by atoms with Gasteiger partial charge in [-0.05, 0) is 42.1 Å². The first-order chi connectivity index (χ1) is 21.3. The van der Waals surface area contributed by atoms with Crippen molar-refractivity contribution in [3.63, 3.8) is 0 Å². The third-order valence-electron chi connectivity index (χ3n) is 7.05. The molecular formula is C35H20N6O2Pt. The van der Waals surface area contributed by atoms with Crippen molar-refractivity contribution >= 4 is 22.2 Å². The van der Waals surface area contributed by atoms with Crippen molar-refractivity contribution in [2.24, 2.45) is 0 Å². The molecule has 0 N–H and O–H groups in total. The number of oxazole rings is 2. The van der Waals surface area contributed by atoms with E-state index in [0.717, 1.165) is 33.4 Å². The molecule has 44 heavy (non-hydrogen) atoms. The first-order valence-electron chi connectivity index (χ1n) is 13.6. The number of aromatic nitrogens is 6. The first-order valence-corrected chi connectivity index (χ1v) is 13.6.